The van der Waals surface area contributed by atoms with E-state index >= 15 is 0 Å². The molecular weight excluding hydrogens is 338 g/mol. The second-order valence-electron chi connectivity index (χ2n) is 6.00. The molecule has 1 N–H and O–H groups in total. The number of ether oxygens (including phenoxy) is 2. The monoisotopic (exact) mass is 363 g/mol. The Kier molecular flexibility index (Phi) is 6.82. The quantitative estimate of drug-likeness (QED) is 0.818. The number of hydrogen-bond acceptors (Lipinski definition) is 5. The lowest BCUT2D eigenvalue weighted by Gasteiger charge is -2.34. The minimum absolute atomic E-state index is 0.0184. The topological polar surface area (TPSA) is 88.2 Å². The number of hydrogen-bond donors (Lipinski definition) is 1. The molecule has 0 aromatic heterocycles. The SMILES string of the molecule is COc1ccc(NC(=O)CCC(=O)N2CCN(C(C)=O)CC2)c(OC)c1. The number of rotatable bonds is 6. The van der Waals surface area contributed by atoms with Gasteiger partial charge in [-0.3, -0.25) is 14.4 Å². The van der Waals surface area contributed by atoms with E-state index in [0.29, 0.717) is 43.4 Å². The van der Waals surface area contributed by atoms with Crippen molar-refractivity contribution < 1.29 is 23.9 Å². The number of amides is 3. The molecule has 26 heavy (non-hydrogen) atoms. The molecule has 0 aliphatic carbocycles. The van der Waals surface area contributed by atoms with Crippen LogP contribution in [0.3, 0.4) is 0 Å². The first kappa shape index (κ1) is 19.6. The van der Waals surface area contributed by atoms with Gasteiger partial charge in [0.05, 0.1) is 19.9 Å². The van der Waals surface area contributed by atoms with Crippen LogP contribution in [0.15, 0.2) is 18.2 Å². The number of carbonyl (C=O) groups is 3. The van der Waals surface area contributed by atoms with Crippen molar-refractivity contribution in [3.05, 3.63) is 18.2 Å². The van der Waals surface area contributed by atoms with Crippen LogP contribution in [-0.4, -0.2) is 67.9 Å². The molecule has 142 valence electrons. The van der Waals surface area contributed by atoms with Crippen LogP contribution in [0, 0.1) is 0 Å². The first-order valence-electron chi connectivity index (χ1n) is 8.49. The minimum atomic E-state index is -0.260. The number of methoxy groups -OCH3 is 2. The molecule has 1 heterocycles. The molecule has 0 unspecified atom stereocenters. The maximum atomic E-state index is 12.2. The summed E-state index contributed by atoms with van der Waals surface area (Å²) in [5.41, 5.74) is 0.529. The smallest absolute Gasteiger partial charge is 0.224 e. The molecule has 1 saturated heterocycles. The van der Waals surface area contributed by atoms with Gasteiger partial charge < -0.3 is 24.6 Å². The summed E-state index contributed by atoms with van der Waals surface area (Å²) in [4.78, 5) is 39.1. The Bertz CT molecular complexity index is 669. The Morgan fingerprint density at radius 3 is 2.23 bits per heavy atom. The fourth-order valence-electron chi connectivity index (χ4n) is 2.76. The maximum absolute atomic E-state index is 12.2. The van der Waals surface area contributed by atoms with Crippen molar-refractivity contribution in [3.63, 3.8) is 0 Å². The van der Waals surface area contributed by atoms with E-state index in [0.717, 1.165) is 0 Å². The number of nitrogens with one attached hydrogen (secondary N) is 1. The van der Waals surface area contributed by atoms with Crippen molar-refractivity contribution in [2.45, 2.75) is 19.8 Å². The molecule has 8 nitrogen and oxygen atoms in total. The average Bonchev–Trinajstić information content (AvgIpc) is 2.66. The summed E-state index contributed by atoms with van der Waals surface area (Å²) in [5.74, 6) is 0.795. The van der Waals surface area contributed by atoms with Gasteiger partial charge in [-0.1, -0.05) is 0 Å². The van der Waals surface area contributed by atoms with E-state index in [1.54, 1.807) is 35.1 Å². The number of nitrogens with zero attached hydrogens (tertiary/aromatic N) is 2. The van der Waals surface area contributed by atoms with E-state index in [9.17, 15) is 14.4 Å². The number of benzene rings is 1. The predicted molar refractivity (Wildman–Crippen MR) is 96.2 cm³/mol. The molecule has 0 atom stereocenters. The normalized spacial score (nSPS) is 14.0. The van der Waals surface area contributed by atoms with E-state index in [1.807, 2.05) is 0 Å². The molecule has 2 rings (SSSR count). The summed E-state index contributed by atoms with van der Waals surface area (Å²) >= 11 is 0. The molecule has 0 bridgehead atoms. The van der Waals surface area contributed by atoms with Crippen molar-refractivity contribution in [2.24, 2.45) is 0 Å². The summed E-state index contributed by atoms with van der Waals surface area (Å²) in [6, 6.07) is 5.09. The van der Waals surface area contributed by atoms with Gasteiger partial charge in [0, 0.05) is 52.0 Å². The summed E-state index contributed by atoms with van der Waals surface area (Å²) in [6.45, 7) is 3.61. The number of anilines is 1. The van der Waals surface area contributed by atoms with Crippen LogP contribution in [0.2, 0.25) is 0 Å². The zero-order chi connectivity index (χ0) is 19.1. The third-order valence-electron chi connectivity index (χ3n) is 4.33. The number of piperazine rings is 1. The Balaban J connectivity index is 1.82. The highest BCUT2D eigenvalue weighted by molar-refractivity contribution is 5.94. The standard InChI is InChI=1S/C18H25N3O5/c1-13(22)20-8-10-21(11-9-20)18(24)7-6-17(23)19-15-5-4-14(25-2)12-16(15)26-3/h4-5,12H,6-11H2,1-3H3,(H,19,23). The molecule has 0 spiro atoms. The molecule has 1 aromatic rings. The van der Waals surface area contributed by atoms with E-state index < -0.39 is 0 Å². The molecule has 1 aliphatic rings. The van der Waals surface area contributed by atoms with Crippen molar-refractivity contribution in [1.29, 1.82) is 0 Å². The van der Waals surface area contributed by atoms with Crippen LogP contribution < -0.4 is 14.8 Å². The van der Waals surface area contributed by atoms with Crippen molar-refractivity contribution in [1.82, 2.24) is 9.80 Å². The van der Waals surface area contributed by atoms with Crippen LogP contribution in [0.25, 0.3) is 0 Å². The Morgan fingerprint density at radius 1 is 1.00 bits per heavy atom. The third kappa shape index (κ3) is 5.11. The fourth-order valence-corrected chi connectivity index (χ4v) is 2.76. The van der Waals surface area contributed by atoms with E-state index in [-0.39, 0.29) is 30.6 Å². The highest BCUT2D eigenvalue weighted by Gasteiger charge is 2.22. The van der Waals surface area contributed by atoms with Gasteiger partial charge in [0.25, 0.3) is 0 Å². The highest BCUT2D eigenvalue weighted by Crippen LogP contribution is 2.29. The second-order valence-corrected chi connectivity index (χ2v) is 6.00. The molecule has 0 saturated carbocycles. The maximum Gasteiger partial charge on any atom is 0.224 e. The van der Waals surface area contributed by atoms with E-state index in [4.69, 9.17) is 9.47 Å². The van der Waals surface area contributed by atoms with Gasteiger partial charge in [-0.2, -0.15) is 0 Å². The highest BCUT2D eigenvalue weighted by atomic mass is 16.5. The van der Waals surface area contributed by atoms with Gasteiger partial charge in [0.15, 0.2) is 0 Å². The lowest BCUT2D eigenvalue weighted by molar-refractivity contribution is -0.138. The van der Waals surface area contributed by atoms with E-state index in [1.165, 1.54) is 14.0 Å². The zero-order valence-corrected chi connectivity index (χ0v) is 15.4. The molecule has 1 aromatic carbocycles. The zero-order valence-electron chi connectivity index (χ0n) is 15.4. The summed E-state index contributed by atoms with van der Waals surface area (Å²) in [6.07, 6.45) is 0.214. The second kappa shape index (κ2) is 9.07. The van der Waals surface area contributed by atoms with Crippen molar-refractivity contribution in [2.75, 3.05) is 45.7 Å². The van der Waals surface area contributed by atoms with E-state index in [2.05, 4.69) is 5.32 Å². The molecule has 8 heteroatoms. The first-order valence-corrected chi connectivity index (χ1v) is 8.49. The van der Waals surface area contributed by atoms with Gasteiger partial charge in [0.1, 0.15) is 11.5 Å². The molecule has 0 radical (unpaired) electrons. The molecular formula is C18H25N3O5. The summed E-state index contributed by atoms with van der Waals surface area (Å²) in [7, 11) is 3.06. The van der Waals surface area contributed by atoms with Crippen molar-refractivity contribution in [3.8, 4) is 11.5 Å². The van der Waals surface area contributed by atoms with Crippen LogP contribution in [0.4, 0.5) is 5.69 Å². The van der Waals surface area contributed by atoms with Gasteiger partial charge >= 0.3 is 0 Å². The van der Waals surface area contributed by atoms with Gasteiger partial charge in [-0.25, -0.2) is 0 Å². The first-order chi connectivity index (χ1) is 12.4. The van der Waals surface area contributed by atoms with Gasteiger partial charge in [0.2, 0.25) is 17.7 Å². The Labute approximate surface area is 153 Å². The lowest BCUT2D eigenvalue weighted by Crippen LogP contribution is -2.50. The summed E-state index contributed by atoms with van der Waals surface area (Å²) < 4.78 is 10.4. The minimum Gasteiger partial charge on any atom is -0.497 e. The van der Waals surface area contributed by atoms with Gasteiger partial charge in [-0.15, -0.1) is 0 Å². The van der Waals surface area contributed by atoms with Crippen LogP contribution in [0.5, 0.6) is 11.5 Å². The third-order valence-corrected chi connectivity index (χ3v) is 4.33. The molecule has 1 fully saturated rings. The molecule has 1 aliphatic heterocycles. The predicted octanol–water partition coefficient (Wildman–Crippen LogP) is 1.11. The fraction of sp³-hybridized carbons (Fsp3) is 0.500. The lowest BCUT2D eigenvalue weighted by atomic mass is 10.2. The average molecular weight is 363 g/mol. The number of carbonyl (C=O) groups excluding carboxylic acids is 3. The Hall–Kier alpha value is -2.77. The Morgan fingerprint density at radius 2 is 1.65 bits per heavy atom. The summed E-state index contributed by atoms with van der Waals surface area (Å²) in [5, 5.41) is 2.75. The van der Waals surface area contributed by atoms with Crippen molar-refractivity contribution >= 4 is 23.4 Å². The van der Waals surface area contributed by atoms with Crippen LogP contribution in [0.1, 0.15) is 19.8 Å². The molecule has 3 amide bonds. The van der Waals surface area contributed by atoms with Gasteiger partial charge in [-0.05, 0) is 12.1 Å². The van der Waals surface area contributed by atoms with Crippen LogP contribution >= 0.6 is 0 Å². The van der Waals surface area contributed by atoms with Crippen LogP contribution in [-0.2, 0) is 14.4 Å². The largest absolute Gasteiger partial charge is 0.497 e.